The summed E-state index contributed by atoms with van der Waals surface area (Å²) in [5, 5.41) is 0. The molecule has 0 fully saturated rings. The SMILES string of the molecule is C=CC(=O)c1cn(CCN)cn1. The third-order valence-electron chi connectivity index (χ3n) is 1.46. The monoisotopic (exact) mass is 165 g/mol. The Balaban J connectivity index is 2.76. The number of aromatic nitrogens is 2. The second-order valence-corrected chi connectivity index (χ2v) is 2.35. The molecule has 0 aliphatic heterocycles. The van der Waals surface area contributed by atoms with Crippen LogP contribution in [0.3, 0.4) is 0 Å². The minimum absolute atomic E-state index is 0.161. The quantitative estimate of drug-likeness (QED) is 0.512. The molecule has 4 heteroatoms. The van der Waals surface area contributed by atoms with Gasteiger partial charge in [-0.3, -0.25) is 4.79 Å². The Hall–Kier alpha value is -1.42. The summed E-state index contributed by atoms with van der Waals surface area (Å²) in [6.07, 6.45) is 4.50. The van der Waals surface area contributed by atoms with Gasteiger partial charge in [-0.25, -0.2) is 4.98 Å². The molecule has 1 aromatic heterocycles. The summed E-state index contributed by atoms with van der Waals surface area (Å²) in [4.78, 5) is 14.9. The summed E-state index contributed by atoms with van der Waals surface area (Å²) in [5.41, 5.74) is 5.74. The number of ketones is 1. The van der Waals surface area contributed by atoms with Crippen molar-refractivity contribution in [2.24, 2.45) is 5.73 Å². The molecule has 0 saturated carbocycles. The van der Waals surface area contributed by atoms with Crippen LogP contribution in [0.15, 0.2) is 25.2 Å². The second kappa shape index (κ2) is 3.82. The molecule has 0 aromatic carbocycles. The van der Waals surface area contributed by atoms with E-state index >= 15 is 0 Å². The maximum atomic E-state index is 11.0. The molecule has 1 heterocycles. The zero-order chi connectivity index (χ0) is 8.97. The van der Waals surface area contributed by atoms with Crippen LogP contribution in [0, 0.1) is 0 Å². The molecule has 0 bridgehead atoms. The lowest BCUT2D eigenvalue weighted by molar-refractivity contribution is 0.104. The van der Waals surface area contributed by atoms with Crippen molar-refractivity contribution >= 4 is 5.78 Å². The Kier molecular flexibility index (Phi) is 2.76. The highest BCUT2D eigenvalue weighted by Crippen LogP contribution is 1.97. The molecule has 0 spiro atoms. The van der Waals surface area contributed by atoms with Crippen LogP contribution in [0.2, 0.25) is 0 Å². The minimum atomic E-state index is -0.161. The van der Waals surface area contributed by atoms with Gasteiger partial charge >= 0.3 is 0 Å². The molecule has 0 unspecified atom stereocenters. The van der Waals surface area contributed by atoms with Crippen molar-refractivity contribution in [1.29, 1.82) is 0 Å². The van der Waals surface area contributed by atoms with E-state index in [2.05, 4.69) is 11.6 Å². The Morgan fingerprint density at radius 2 is 2.58 bits per heavy atom. The molecule has 2 N–H and O–H groups in total. The van der Waals surface area contributed by atoms with E-state index in [1.54, 1.807) is 17.1 Å². The maximum absolute atomic E-state index is 11.0. The molecule has 64 valence electrons. The number of hydrogen-bond donors (Lipinski definition) is 1. The predicted molar refractivity (Wildman–Crippen MR) is 45.8 cm³/mol. The molecule has 1 aromatic rings. The van der Waals surface area contributed by atoms with E-state index in [-0.39, 0.29) is 5.78 Å². The van der Waals surface area contributed by atoms with Gasteiger partial charge < -0.3 is 10.3 Å². The van der Waals surface area contributed by atoms with Crippen LogP contribution in [0.5, 0.6) is 0 Å². The number of allylic oxidation sites excluding steroid dienone is 1. The summed E-state index contributed by atoms with van der Waals surface area (Å²) in [5.74, 6) is -0.161. The van der Waals surface area contributed by atoms with Crippen LogP contribution in [0.25, 0.3) is 0 Å². The minimum Gasteiger partial charge on any atom is -0.335 e. The number of imidazole rings is 1. The first-order chi connectivity index (χ1) is 5.77. The van der Waals surface area contributed by atoms with Gasteiger partial charge in [-0.05, 0) is 6.08 Å². The maximum Gasteiger partial charge on any atom is 0.205 e. The first-order valence-corrected chi connectivity index (χ1v) is 3.66. The van der Waals surface area contributed by atoms with Crippen molar-refractivity contribution in [1.82, 2.24) is 9.55 Å². The van der Waals surface area contributed by atoms with Gasteiger partial charge in [-0.1, -0.05) is 6.58 Å². The van der Waals surface area contributed by atoms with Crippen LogP contribution in [0.1, 0.15) is 10.5 Å². The van der Waals surface area contributed by atoms with Gasteiger partial charge in [-0.15, -0.1) is 0 Å². The summed E-state index contributed by atoms with van der Waals surface area (Å²) in [7, 11) is 0. The molecule has 0 aliphatic rings. The van der Waals surface area contributed by atoms with E-state index in [4.69, 9.17) is 5.73 Å². The van der Waals surface area contributed by atoms with Gasteiger partial charge in [0.25, 0.3) is 0 Å². The molecule has 0 radical (unpaired) electrons. The van der Waals surface area contributed by atoms with Gasteiger partial charge in [0.2, 0.25) is 5.78 Å². The van der Waals surface area contributed by atoms with Crippen molar-refractivity contribution in [3.05, 3.63) is 30.9 Å². The van der Waals surface area contributed by atoms with Crippen molar-refractivity contribution in [3.63, 3.8) is 0 Å². The van der Waals surface area contributed by atoms with Gasteiger partial charge in [0.1, 0.15) is 5.69 Å². The molecule has 0 aliphatic carbocycles. The normalized spacial score (nSPS) is 9.75. The van der Waals surface area contributed by atoms with Crippen LogP contribution in [0.4, 0.5) is 0 Å². The third-order valence-corrected chi connectivity index (χ3v) is 1.46. The number of nitrogens with zero attached hydrogens (tertiary/aromatic N) is 2. The van der Waals surface area contributed by atoms with Crippen molar-refractivity contribution in [2.75, 3.05) is 6.54 Å². The van der Waals surface area contributed by atoms with Gasteiger partial charge in [0.05, 0.1) is 6.33 Å². The van der Waals surface area contributed by atoms with E-state index in [0.29, 0.717) is 18.8 Å². The highest BCUT2D eigenvalue weighted by atomic mass is 16.1. The average molecular weight is 165 g/mol. The first-order valence-electron chi connectivity index (χ1n) is 3.66. The van der Waals surface area contributed by atoms with E-state index in [1.807, 2.05) is 0 Å². The molecule has 0 amide bonds. The fourth-order valence-corrected chi connectivity index (χ4v) is 0.863. The smallest absolute Gasteiger partial charge is 0.205 e. The Morgan fingerprint density at radius 1 is 1.83 bits per heavy atom. The lowest BCUT2D eigenvalue weighted by Gasteiger charge is -1.94. The Morgan fingerprint density at radius 3 is 3.17 bits per heavy atom. The topological polar surface area (TPSA) is 60.9 Å². The number of nitrogens with two attached hydrogens (primary N) is 1. The van der Waals surface area contributed by atoms with Crippen molar-refractivity contribution in [3.8, 4) is 0 Å². The Bertz CT molecular complexity index is 290. The number of carbonyl (C=O) groups excluding carboxylic acids is 1. The van der Waals surface area contributed by atoms with E-state index in [0.717, 1.165) is 0 Å². The summed E-state index contributed by atoms with van der Waals surface area (Å²) >= 11 is 0. The first kappa shape index (κ1) is 8.67. The van der Waals surface area contributed by atoms with E-state index < -0.39 is 0 Å². The zero-order valence-corrected chi connectivity index (χ0v) is 6.73. The molecular weight excluding hydrogens is 154 g/mol. The molecule has 12 heavy (non-hydrogen) atoms. The molecule has 1 rings (SSSR count). The largest absolute Gasteiger partial charge is 0.335 e. The van der Waals surface area contributed by atoms with E-state index in [1.165, 1.54) is 6.08 Å². The highest BCUT2D eigenvalue weighted by Gasteiger charge is 2.03. The van der Waals surface area contributed by atoms with Gasteiger partial charge in [0.15, 0.2) is 0 Å². The van der Waals surface area contributed by atoms with Gasteiger partial charge in [-0.2, -0.15) is 0 Å². The van der Waals surface area contributed by atoms with Crippen LogP contribution < -0.4 is 5.73 Å². The molecule has 0 atom stereocenters. The molecule has 4 nitrogen and oxygen atoms in total. The fourth-order valence-electron chi connectivity index (χ4n) is 0.863. The third kappa shape index (κ3) is 1.79. The summed E-state index contributed by atoms with van der Waals surface area (Å²) < 4.78 is 1.77. The second-order valence-electron chi connectivity index (χ2n) is 2.35. The average Bonchev–Trinajstić information content (AvgIpc) is 2.52. The molecular formula is C8H11N3O. The molecule has 0 saturated heterocycles. The standard InChI is InChI=1S/C8H11N3O/c1-2-8(12)7-5-11(4-3-9)6-10-7/h2,5-6H,1,3-4,9H2. The van der Waals surface area contributed by atoms with Crippen molar-refractivity contribution in [2.45, 2.75) is 6.54 Å². The summed E-state index contributed by atoms with van der Waals surface area (Å²) in [6.45, 7) is 4.59. The van der Waals surface area contributed by atoms with Crippen LogP contribution in [-0.2, 0) is 6.54 Å². The fraction of sp³-hybridized carbons (Fsp3) is 0.250. The van der Waals surface area contributed by atoms with E-state index in [9.17, 15) is 4.79 Å². The van der Waals surface area contributed by atoms with Crippen molar-refractivity contribution < 1.29 is 4.79 Å². The number of hydrogen-bond acceptors (Lipinski definition) is 3. The Labute approximate surface area is 70.7 Å². The van der Waals surface area contributed by atoms with Crippen LogP contribution >= 0.6 is 0 Å². The lowest BCUT2D eigenvalue weighted by Crippen LogP contribution is -2.07. The number of rotatable bonds is 4. The van der Waals surface area contributed by atoms with Crippen LogP contribution in [-0.4, -0.2) is 21.9 Å². The zero-order valence-electron chi connectivity index (χ0n) is 6.73. The summed E-state index contributed by atoms with van der Waals surface area (Å²) in [6, 6.07) is 0. The number of carbonyl (C=O) groups is 1. The highest BCUT2D eigenvalue weighted by molar-refractivity contribution is 6.02. The predicted octanol–water partition coefficient (Wildman–Crippen LogP) is 0.210. The lowest BCUT2D eigenvalue weighted by atomic mass is 10.3. The van der Waals surface area contributed by atoms with Gasteiger partial charge in [0, 0.05) is 19.3 Å².